The number of hydrogen-bond donors (Lipinski definition) is 0. The maximum Gasteiger partial charge on any atom is 0.160 e. The summed E-state index contributed by atoms with van der Waals surface area (Å²) in [5.41, 5.74) is 9.06. The summed E-state index contributed by atoms with van der Waals surface area (Å²) in [4.78, 5) is 14.6. The lowest BCUT2D eigenvalue weighted by Crippen LogP contribution is -2.15. The molecule has 0 N–H and O–H groups in total. The Morgan fingerprint density at radius 1 is 0.750 bits per heavy atom. The SMILES string of the molecule is CC(=O)c1ccc2c3c(cccc13)-c1cc(C)ccc1N2c1ccc(C)cc1. The maximum absolute atomic E-state index is 12.3. The molecular weight excluding hydrogens is 342 g/mol. The highest BCUT2D eigenvalue weighted by atomic mass is 16.1. The van der Waals surface area contributed by atoms with E-state index in [9.17, 15) is 4.79 Å². The van der Waals surface area contributed by atoms with Gasteiger partial charge in [-0.2, -0.15) is 0 Å². The van der Waals surface area contributed by atoms with Gasteiger partial charge in [-0.3, -0.25) is 4.79 Å². The summed E-state index contributed by atoms with van der Waals surface area (Å²) >= 11 is 0. The van der Waals surface area contributed by atoms with Crippen molar-refractivity contribution in [2.75, 3.05) is 4.90 Å². The van der Waals surface area contributed by atoms with Crippen LogP contribution >= 0.6 is 0 Å². The number of anilines is 3. The van der Waals surface area contributed by atoms with Gasteiger partial charge in [-0.05, 0) is 68.1 Å². The molecule has 2 heteroatoms. The molecule has 0 saturated carbocycles. The monoisotopic (exact) mass is 363 g/mol. The summed E-state index contributed by atoms with van der Waals surface area (Å²) in [7, 11) is 0. The Hall–Kier alpha value is -3.39. The summed E-state index contributed by atoms with van der Waals surface area (Å²) in [6.07, 6.45) is 0. The highest BCUT2D eigenvalue weighted by Crippen LogP contribution is 2.51. The quantitative estimate of drug-likeness (QED) is 0.311. The highest BCUT2D eigenvalue weighted by molar-refractivity contribution is 6.19. The van der Waals surface area contributed by atoms with Crippen molar-refractivity contribution in [3.63, 3.8) is 0 Å². The van der Waals surface area contributed by atoms with Crippen molar-refractivity contribution in [3.8, 4) is 11.1 Å². The number of carbonyl (C=O) groups excluding carboxylic acids is 1. The molecule has 0 aromatic heterocycles. The first-order valence-corrected chi connectivity index (χ1v) is 9.59. The van der Waals surface area contributed by atoms with Crippen LogP contribution in [-0.2, 0) is 0 Å². The van der Waals surface area contributed by atoms with Gasteiger partial charge in [0.2, 0.25) is 0 Å². The Kier molecular flexibility index (Phi) is 3.63. The normalized spacial score (nSPS) is 12.2. The van der Waals surface area contributed by atoms with Gasteiger partial charge >= 0.3 is 0 Å². The molecule has 1 heterocycles. The Morgan fingerprint density at radius 2 is 1.46 bits per heavy atom. The molecule has 5 rings (SSSR count). The molecule has 0 unspecified atom stereocenters. The second-order valence-corrected chi connectivity index (χ2v) is 7.61. The van der Waals surface area contributed by atoms with Crippen molar-refractivity contribution in [2.24, 2.45) is 0 Å². The largest absolute Gasteiger partial charge is 0.309 e. The first kappa shape index (κ1) is 16.8. The zero-order valence-corrected chi connectivity index (χ0v) is 16.3. The van der Waals surface area contributed by atoms with Gasteiger partial charge in [0, 0.05) is 22.2 Å². The minimum Gasteiger partial charge on any atom is -0.309 e. The molecule has 0 fully saturated rings. The van der Waals surface area contributed by atoms with E-state index in [1.54, 1.807) is 6.92 Å². The lowest BCUT2D eigenvalue weighted by Gasteiger charge is -2.34. The Morgan fingerprint density at radius 3 is 2.21 bits per heavy atom. The van der Waals surface area contributed by atoms with Gasteiger partial charge in [0.1, 0.15) is 0 Å². The Labute approximate surface area is 165 Å². The van der Waals surface area contributed by atoms with E-state index in [-0.39, 0.29) is 5.78 Å². The number of hydrogen-bond acceptors (Lipinski definition) is 2. The van der Waals surface area contributed by atoms with E-state index >= 15 is 0 Å². The topological polar surface area (TPSA) is 20.3 Å². The van der Waals surface area contributed by atoms with Gasteiger partial charge in [0.05, 0.1) is 11.4 Å². The summed E-state index contributed by atoms with van der Waals surface area (Å²) in [6, 6.07) is 25.6. The predicted molar refractivity (Wildman–Crippen MR) is 117 cm³/mol. The van der Waals surface area contributed by atoms with Crippen LogP contribution in [0.1, 0.15) is 28.4 Å². The number of aryl methyl sites for hydroxylation is 2. The number of Topliss-reactive ketones (excluding diaryl/α,β-unsaturated/α-hetero) is 1. The van der Waals surface area contributed by atoms with Crippen molar-refractivity contribution in [3.05, 3.63) is 89.5 Å². The van der Waals surface area contributed by atoms with E-state index in [2.05, 4.69) is 85.5 Å². The number of benzene rings is 4. The van der Waals surface area contributed by atoms with Crippen LogP contribution in [0.4, 0.5) is 17.1 Å². The molecule has 2 nitrogen and oxygen atoms in total. The van der Waals surface area contributed by atoms with Crippen LogP contribution in [0.2, 0.25) is 0 Å². The molecule has 1 aliphatic heterocycles. The van der Waals surface area contributed by atoms with Crippen LogP contribution in [0.15, 0.2) is 72.8 Å². The average molecular weight is 363 g/mol. The zero-order chi connectivity index (χ0) is 19.4. The van der Waals surface area contributed by atoms with E-state index in [1.807, 2.05) is 6.07 Å². The number of fused-ring (bicyclic) bond motifs is 2. The van der Waals surface area contributed by atoms with Gasteiger partial charge in [0.25, 0.3) is 0 Å². The van der Waals surface area contributed by atoms with Crippen LogP contribution in [0.5, 0.6) is 0 Å². The van der Waals surface area contributed by atoms with E-state index in [0.29, 0.717) is 0 Å². The van der Waals surface area contributed by atoms with E-state index in [4.69, 9.17) is 0 Å². The third-order valence-electron chi connectivity index (χ3n) is 5.61. The second-order valence-electron chi connectivity index (χ2n) is 7.61. The molecule has 0 aliphatic carbocycles. The second kappa shape index (κ2) is 6.07. The van der Waals surface area contributed by atoms with Crippen LogP contribution in [0.25, 0.3) is 21.9 Å². The molecule has 4 aromatic rings. The number of nitrogens with zero attached hydrogens (tertiary/aromatic N) is 1. The third kappa shape index (κ3) is 2.38. The van der Waals surface area contributed by atoms with Gasteiger partial charge in [0.15, 0.2) is 5.78 Å². The fourth-order valence-electron chi connectivity index (χ4n) is 4.27. The summed E-state index contributed by atoms with van der Waals surface area (Å²) in [6.45, 7) is 5.87. The summed E-state index contributed by atoms with van der Waals surface area (Å²) < 4.78 is 0. The summed E-state index contributed by atoms with van der Waals surface area (Å²) in [5, 5.41) is 2.17. The number of carbonyl (C=O) groups is 1. The van der Waals surface area contributed by atoms with E-state index in [0.717, 1.165) is 27.7 Å². The van der Waals surface area contributed by atoms with Gasteiger partial charge < -0.3 is 4.90 Å². The molecule has 0 bridgehead atoms. The molecule has 0 radical (unpaired) electrons. The molecular formula is C26H21NO. The molecule has 136 valence electrons. The minimum absolute atomic E-state index is 0.0978. The predicted octanol–water partition coefficient (Wildman–Crippen LogP) is 7.11. The molecule has 4 aromatic carbocycles. The lowest BCUT2D eigenvalue weighted by atomic mass is 9.88. The number of ketones is 1. The van der Waals surface area contributed by atoms with Crippen molar-refractivity contribution < 1.29 is 4.79 Å². The first-order chi connectivity index (χ1) is 13.5. The van der Waals surface area contributed by atoms with Crippen LogP contribution < -0.4 is 4.90 Å². The third-order valence-corrected chi connectivity index (χ3v) is 5.61. The summed E-state index contributed by atoms with van der Waals surface area (Å²) in [5.74, 6) is 0.0978. The molecule has 0 amide bonds. The molecule has 0 atom stereocenters. The number of rotatable bonds is 2. The zero-order valence-electron chi connectivity index (χ0n) is 16.3. The fourth-order valence-corrected chi connectivity index (χ4v) is 4.27. The van der Waals surface area contributed by atoms with E-state index < -0.39 is 0 Å². The van der Waals surface area contributed by atoms with Crippen molar-refractivity contribution in [1.82, 2.24) is 0 Å². The van der Waals surface area contributed by atoms with Gasteiger partial charge in [-0.15, -0.1) is 0 Å². The molecule has 0 saturated heterocycles. The van der Waals surface area contributed by atoms with Crippen LogP contribution in [-0.4, -0.2) is 5.78 Å². The Bertz CT molecular complexity index is 1250. The van der Waals surface area contributed by atoms with Crippen LogP contribution in [0.3, 0.4) is 0 Å². The van der Waals surface area contributed by atoms with Crippen molar-refractivity contribution in [1.29, 1.82) is 0 Å². The van der Waals surface area contributed by atoms with Crippen LogP contribution in [0, 0.1) is 13.8 Å². The fraction of sp³-hybridized carbons (Fsp3) is 0.115. The Balaban J connectivity index is 1.92. The average Bonchev–Trinajstić information content (AvgIpc) is 2.69. The molecule has 0 spiro atoms. The minimum atomic E-state index is 0.0978. The lowest BCUT2D eigenvalue weighted by molar-refractivity contribution is 0.101. The standard InChI is InChI=1S/C26H21NO/c1-16-7-10-19(11-8-16)27-24-13-9-17(2)15-23(24)22-6-4-5-21-20(18(3)28)12-14-25(27)26(21)22/h4-15H,1-3H3. The smallest absolute Gasteiger partial charge is 0.160 e. The first-order valence-electron chi connectivity index (χ1n) is 9.59. The molecule has 1 aliphatic rings. The van der Waals surface area contributed by atoms with Crippen molar-refractivity contribution in [2.45, 2.75) is 20.8 Å². The van der Waals surface area contributed by atoms with Crippen molar-refractivity contribution >= 4 is 33.6 Å². The van der Waals surface area contributed by atoms with Gasteiger partial charge in [-0.25, -0.2) is 0 Å². The highest BCUT2D eigenvalue weighted by Gasteiger charge is 2.27. The maximum atomic E-state index is 12.3. The van der Waals surface area contributed by atoms with E-state index in [1.165, 1.54) is 27.9 Å². The van der Waals surface area contributed by atoms with Gasteiger partial charge in [-0.1, -0.05) is 47.5 Å². The molecule has 28 heavy (non-hydrogen) atoms.